The highest BCUT2D eigenvalue weighted by Crippen LogP contribution is 2.66. The van der Waals surface area contributed by atoms with Gasteiger partial charge in [0, 0.05) is 0 Å². The van der Waals surface area contributed by atoms with E-state index in [1.807, 2.05) is 47.0 Å². The largest absolute Gasteiger partial charge is 0.117 e. The molecule has 2 rings (SSSR count). The predicted octanol–water partition coefficient (Wildman–Crippen LogP) is 9.90. The zero-order valence-corrected chi connectivity index (χ0v) is 22.5. The van der Waals surface area contributed by atoms with Crippen LogP contribution in [-0.4, -0.2) is 23.0 Å². The molecule has 26 heavy (non-hydrogen) atoms. The first kappa shape index (κ1) is 24.3. The second kappa shape index (κ2) is 14.1. The summed E-state index contributed by atoms with van der Waals surface area (Å²) < 4.78 is 9.26. The van der Waals surface area contributed by atoms with Crippen molar-refractivity contribution in [2.24, 2.45) is 0 Å². The van der Waals surface area contributed by atoms with Crippen LogP contribution in [0.1, 0.15) is 53.4 Å². The molecule has 0 saturated carbocycles. The molecule has 0 spiro atoms. The Morgan fingerprint density at radius 1 is 0.462 bits per heavy atom. The lowest BCUT2D eigenvalue weighted by atomic mass is 10.6. The van der Waals surface area contributed by atoms with Gasteiger partial charge in [0.2, 0.25) is 0 Å². The maximum Gasteiger partial charge on any atom is 0.0717 e. The molecular formula is C18H28S8. The second-order valence-corrected chi connectivity index (χ2v) is 15.6. The molecule has 0 aromatic rings. The fraction of sp³-hybridized carbons (Fsp3) is 0.667. The highest BCUT2D eigenvalue weighted by atomic mass is 32.3. The Labute approximate surface area is 194 Å². The summed E-state index contributed by atoms with van der Waals surface area (Å²) in [7, 11) is 0. The first-order valence-electron chi connectivity index (χ1n) is 9.18. The van der Waals surface area contributed by atoms with E-state index in [4.69, 9.17) is 0 Å². The first-order chi connectivity index (χ1) is 12.7. The Balaban J connectivity index is 2.08. The molecule has 0 atom stereocenters. The fourth-order valence-corrected chi connectivity index (χ4v) is 13.5. The molecule has 0 aliphatic carbocycles. The van der Waals surface area contributed by atoms with Gasteiger partial charge in [0.1, 0.15) is 0 Å². The third kappa shape index (κ3) is 7.69. The minimum atomic E-state index is 1.23. The Kier molecular flexibility index (Phi) is 13.2. The van der Waals surface area contributed by atoms with Crippen molar-refractivity contribution in [1.29, 1.82) is 0 Å². The van der Waals surface area contributed by atoms with E-state index in [1.165, 1.54) is 57.2 Å². The second-order valence-electron chi connectivity index (χ2n) is 5.53. The van der Waals surface area contributed by atoms with Gasteiger partial charge in [0.05, 0.1) is 25.4 Å². The molecule has 0 bridgehead atoms. The number of rotatable bonds is 12. The molecule has 0 aromatic carbocycles. The Bertz CT molecular complexity index is 457. The lowest BCUT2D eigenvalue weighted by molar-refractivity contribution is 1.11. The highest BCUT2D eigenvalue weighted by molar-refractivity contribution is 8.45. The van der Waals surface area contributed by atoms with Crippen LogP contribution in [0.4, 0.5) is 0 Å². The molecule has 0 nitrogen and oxygen atoms in total. The molecule has 0 N–H and O–H groups in total. The van der Waals surface area contributed by atoms with Gasteiger partial charge in [-0.1, -0.05) is 74.7 Å². The van der Waals surface area contributed by atoms with Gasteiger partial charge in [-0.25, -0.2) is 0 Å². The summed E-state index contributed by atoms with van der Waals surface area (Å²) in [4.78, 5) is 0. The summed E-state index contributed by atoms with van der Waals surface area (Å²) >= 11 is 16.4. The van der Waals surface area contributed by atoms with E-state index < -0.39 is 0 Å². The zero-order chi connectivity index (χ0) is 18.8. The summed E-state index contributed by atoms with van der Waals surface area (Å²) in [6, 6.07) is 0. The molecule has 0 aromatic heterocycles. The summed E-state index contributed by atoms with van der Waals surface area (Å²) in [5, 5.41) is 0. The maximum atomic E-state index is 2.28. The van der Waals surface area contributed by atoms with E-state index in [9.17, 15) is 0 Å². The topological polar surface area (TPSA) is 0 Å². The molecule has 0 unspecified atom stereocenters. The van der Waals surface area contributed by atoms with Crippen molar-refractivity contribution in [1.82, 2.24) is 0 Å². The SMILES string of the molecule is CCCSC1=C(SCCC)SC(=C2SC(SCCC)=C(SCCC)S2)S1. The summed E-state index contributed by atoms with van der Waals surface area (Å²) in [5.41, 5.74) is 0. The predicted molar refractivity (Wildman–Crippen MR) is 142 cm³/mol. The Morgan fingerprint density at radius 2 is 0.692 bits per heavy atom. The van der Waals surface area contributed by atoms with Crippen LogP contribution in [0, 0.1) is 0 Å². The van der Waals surface area contributed by atoms with E-state index in [1.54, 1.807) is 16.9 Å². The summed E-state index contributed by atoms with van der Waals surface area (Å²) in [6.45, 7) is 9.11. The molecule has 2 aliphatic rings. The van der Waals surface area contributed by atoms with Gasteiger partial charge in [0.15, 0.2) is 0 Å². The lowest BCUT2D eigenvalue weighted by Gasteiger charge is -2.02. The van der Waals surface area contributed by atoms with E-state index in [0.29, 0.717) is 0 Å². The minimum Gasteiger partial charge on any atom is -0.117 e. The van der Waals surface area contributed by atoms with Gasteiger partial charge in [-0.3, -0.25) is 0 Å². The number of hydrogen-bond donors (Lipinski definition) is 0. The van der Waals surface area contributed by atoms with Gasteiger partial charge in [-0.15, -0.1) is 47.0 Å². The third-order valence-electron chi connectivity index (χ3n) is 2.99. The average Bonchev–Trinajstić information content (AvgIpc) is 3.25. The van der Waals surface area contributed by atoms with Gasteiger partial charge >= 0.3 is 0 Å². The van der Waals surface area contributed by atoms with Gasteiger partial charge in [0.25, 0.3) is 0 Å². The van der Waals surface area contributed by atoms with Crippen molar-refractivity contribution in [3.05, 3.63) is 25.4 Å². The molecule has 0 fully saturated rings. The third-order valence-corrected chi connectivity index (χ3v) is 15.4. The van der Waals surface area contributed by atoms with Crippen LogP contribution in [-0.2, 0) is 0 Å². The van der Waals surface area contributed by atoms with Crippen LogP contribution in [0.15, 0.2) is 25.4 Å². The normalized spacial score (nSPS) is 18.0. The van der Waals surface area contributed by atoms with E-state index in [0.717, 1.165) is 0 Å². The van der Waals surface area contributed by atoms with E-state index in [2.05, 4.69) is 74.7 Å². The zero-order valence-electron chi connectivity index (χ0n) is 15.9. The number of hydrogen-bond acceptors (Lipinski definition) is 8. The summed E-state index contributed by atoms with van der Waals surface area (Å²) in [6.07, 6.45) is 4.99. The monoisotopic (exact) mass is 500 g/mol. The van der Waals surface area contributed by atoms with Crippen molar-refractivity contribution >= 4 is 94.1 Å². The van der Waals surface area contributed by atoms with Crippen LogP contribution >= 0.6 is 94.1 Å². The molecule has 2 aliphatic heterocycles. The van der Waals surface area contributed by atoms with Gasteiger partial charge in [-0.2, -0.15) is 0 Å². The fourth-order valence-electron chi connectivity index (χ4n) is 1.84. The Hall–Kier alpha value is 2.02. The minimum absolute atomic E-state index is 1.23. The lowest BCUT2D eigenvalue weighted by Crippen LogP contribution is -1.77. The average molecular weight is 501 g/mol. The van der Waals surface area contributed by atoms with Crippen LogP contribution in [0.3, 0.4) is 0 Å². The van der Waals surface area contributed by atoms with Crippen molar-refractivity contribution in [2.45, 2.75) is 53.4 Å². The molecule has 0 saturated heterocycles. The van der Waals surface area contributed by atoms with Gasteiger partial charge < -0.3 is 0 Å². The van der Waals surface area contributed by atoms with E-state index in [-0.39, 0.29) is 0 Å². The first-order valence-corrected chi connectivity index (χ1v) is 16.4. The molecule has 148 valence electrons. The number of thioether (sulfide) groups is 8. The van der Waals surface area contributed by atoms with Crippen molar-refractivity contribution < 1.29 is 0 Å². The van der Waals surface area contributed by atoms with Crippen LogP contribution in [0.25, 0.3) is 0 Å². The van der Waals surface area contributed by atoms with Crippen LogP contribution in [0.5, 0.6) is 0 Å². The molecular weight excluding hydrogens is 473 g/mol. The van der Waals surface area contributed by atoms with E-state index >= 15 is 0 Å². The summed E-state index contributed by atoms with van der Waals surface area (Å²) in [5.74, 6) is 4.93. The maximum absolute atomic E-state index is 2.28. The molecule has 0 amide bonds. The van der Waals surface area contributed by atoms with Gasteiger partial charge in [-0.05, 0) is 48.7 Å². The quantitative estimate of drug-likeness (QED) is 0.256. The van der Waals surface area contributed by atoms with Crippen LogP contribution < -0.4 is 0 Å². The highest BCUT2D eigenvalue weighted by Gasteiger charge is 2.30. The van der Waals surface area contributed by atoms with Crippen molar-refractivity contribution in [2.75, 3.05) is 23.0 Å². The molecule has 8 heteroatoms. The smallest absolute Gasteiger partial charge is 0.0717 e. The molecule has 0 radical (unpaired) electrons. The van der Waals surface area contributed by atoms with Crippen molar-refractivity contribution in [3.63, 3.8) is 0 Å². The standard InChI is InChI=1S/C18H28S8/c1-5-9-19-13-14(20-10-6-2)24-17(23-13)18-25-15(21-11-7-3)16(26-18)22-12-8-4/h5-12H2,1-4H3. The Morgan fingerprint density at radius 3 is 0.885 bits per heavy atom. The van der Waals surface area contributed by atoms with Crippen molar-refractivity contribution in [3.8, 4) is 0 Å². The van der Waals surface area contributed by atoms with Crippen LogP contribution in [0.2, 0.25) is 0 Å². The molecule has 2 heterocycles.